The highest BCUT2D eigenvalue weighted by Crippen LogP contribution is 2.38. The van der Waals surface area contributed by atoms with Gasteiger partial charge in [-0.25, -0.2) is 8.78 Å². The molecule has 0 bridgehead atoms. The van der Waals surface area contributed by atoms with E-state index in [-0.39, 0.29) is 43.6 Å². The van der Waals surface area contributed by atoms with Crippen molar-refractivity contribution in [2.45, 2.75) is 69.8 Å². The second-order valence-electron chi connectivity index (χ2n) is 6.34. The van der Waals surface area contributed by atoms with Crippen molar-refractivity contribution in [3.8, 4) is 0 Å². The molecule has 1 N–H and O–H groups in total. The van der Waals surface area contributed by atoms with Gasteiger partial charge in [0.2, 0.25) is 11.8 Å². The summed E-state index contributed by atoms with van der Waals surface area (Å²) in [4.78, 5) is 24.9. The summed E-state index contributed by atoms with van der Waals surface area (Å²) in [6.45, 7) is 0.597. The van der Waals surface area contributed by atoms with Crippen molar-refractivity contribution in [3.63, 3.8) is 0 Å². The molecule has 0 radical (unpaired) electrons. The van der Waals surface area contributed by atoms with Crippen LogP contribution in [0.1, 0.15) is 57.8 Å². The summed E-state index contributed by atoms with van der Waals surface area (Å²) < 4.78 is 26.2. The molecule has 0 aromatic carbocycles. The number of aliphatic carboxylic acids is 1. The lowest BCUT2D eigenvalue weighted by atomic mass is 9.84. The maximum Gasteiger partial charge on any atom is 0.305 e. The number of halogens is 2. The predicted molar refractivity (Wildman–Crippen MR) is 73.1 cm³/mol. The molecule has 1 unspecified atom stereocenters. The largest absolute Gasteiger partial charge is 0.481 e. The van der Waals surface area contributed by atoms with Crippen molar-refractivity contribution in [1.82, 2.24) is 4.90 Å². The Kier molecular flexibility index (Phi) is 5.17. The molecule has 1 amide bonds. The Balaban J connectivity index is 1.87. The summed E-state index contributed by atoms with van der Waals surface area (Å²) in [5.74, 6) is -3.51. The van der Waals surface area contributed by atoms with Crippen molar-refractivity contribution in [1.29, 1.82) is 0 Å². The minimum absolute atomic E-state index is 0.0181. The van der Waals surface area contributed by atoms with Crippen molar-refractivity contribution < 1.29 is 23.5 Å². The molecule has 1 aliphatic carbocycles. The van der Waals surface area contributed by atoms with E-state index in [9.17, 15) is 18.4 Å². The number of piperidine rings is 1. The van der Waals surface area contributed by atoms with E-state index in [0.717, 1.165) is 19.3 Å². The van der Waals surface area contributed by atoms with Gasteiger partial charge in [-0.15, -0.1) is 0 Å². The van der Waals surface area contributed by atoms with Crippen LogP contribution in [-0.4, -0.2) is 40.4 Å². The number of likely N-dealkylation sites (tertiary alicyclic amines) is 1. The van der Waals surface area contributed by atoms with Crippen molar-refractivity contribution >= 4 is 11.9 Å². The van der Waals surface area contributed by atoms with E-state index in [2.05, 4.69) is 0 Å². The lowest BCUT2D eigenvalue weighted by Crippen LogP contribution is -2.45. The summed E-state index contributed by atoms with van der Waals surface area (Å²) in [7, 11) is 0. The molecular weight excluding hydrogens is 280 g/mol. The average molecular weight is 303 g/mol. The molecule has 1 saturated carbocycles. The topological polar surface area (TPSA) is 57.6 Å². The normalized spacial score (nSPS) is 26.6. The first-order valence-electron chi connectivity index (χ1n) is 7.76. The first kappa shape index (κ1) is 16.2. The van der Waals surface area contributed by atoms with Gasteiger partial charge in [-0.05, 0) is 38.0 Å². The Bertz CT molecular complexity index is 390. The summed E-state index contributed by atoms with van der Waals surface area (Å²) in [6, 6.07) is -0.228. The van der Waals surface area contributed by atoms with Gasteiger partial charge in [0.15, 0.2) is 0 Å². The summed E-state index contributed by atoms with van der Waals surface area (Å²) in [5, 5.41) is 8.92. The van der Waals surface area contributed by atoms with Gasteiger partial charge in [-0.1, -0.05) is 0 Å². The van der Waals surface area contributed by atoms with Gasteiger partial charge in [0, 0.05) is 31.8 Å². The molecule has 120 valence electrons. The molecule has 2 aliphatic rings. The minimum atomic E-state index is -2.57. The third-order valence-electron chi connectivity index (χ3n) is 4.66. The van der Waals surface area contributed by atoms with E-state index in [0.29, 0.717) is 19.4 Å². The van der Waals surface area contributed by atoms with Crippen LogP contribution >= 0.6 is 0 Å². The molecule has 1 heterocycles. The Labute approximate surface area is 123 Å². The number of carbonyl (C=O) groups is 2. The van der Waals surface area contributed by atoms with Crippen LogP contribution in [0.2, 0.25) is 0 Å². The van der Waals surface area contributed by atoms with Crippen LogP contribution < -0.4 is 0 Å². The quantitative estimate of drug-likeness (QED) is 0.868. The molecule has 4 nitrogen and oxygen atoms in total. The van der Waals surface area contributed by atoms with Gasteiger partial charge in [0.25, 0.3) is 0 Å². The van der Waals surface area contributed by atoms with E-state index in [1.807, 2.05) is 0 Å². The summed E-state index contributed by atoms with van der Waals surface area (Å²) >= 11 is 0. The standard InChI is InChI=1S/C15H23F2NO3/c16-15(17)6-4-11(5-7-15)9-13(19)18-8-2-1-3-12(18)10-14(20)21/h11-12H,1-10H2,(H,20,21). The molecular formula is C15H23F2NO3. The van der Waals surface area contributed by atoms with Crippen LogP contribution in [0.4, 0.5) is 8.78 Å². The smallest absolute Gasteiger partial charge is 0.305 e. The van der Waals surface area contributed by atoms with Crippen LogP contribution in [0.15, 0.2) is 0 Å². The maximum atomic E-state index is 13.1. The lowest BCUT2D eigenvalue weighted by molar-refractivity contribution is -0.142. The van der Waals surface area contributed by atoms with Crippen molar-refractivity contribution in [2.75, 3.05) is 6.54 Å². The highest BCUT2D eigenvalue weighted by molar-refractivity contribution is 5.78. The zero-order valence-electron chi connectivity index (χ0n) is 12.2. The monoisotopic (exact) mass is 303 g/mol. The molecule has 1 aliphatic heterocycles. The van der Waals surface area contributed by atoms with Gasteiger partial charge in [-0.3, -0.25) is 9.59 Å². The van der Waals surface area contributed by atoms with E-state index in [1.165, 1.54) is 0 Å². The summed E-state index contributed by atoms with van der Waals surface area (Å²) in [6.07, 6.45) is 3.32. The number of hydrogen-bond donors (Lipinski definition) is 1. The fourth-order valence-corrected chi connectivity index (χ4v) is 3.41. The van der Waals surface area contributed by atoms with E-state index < -0.39 is 11.9 Å². The number of nitrogens with zero attached hydrogens (tertiary/aromatic N) is 1. The molecule has 0 aromatic heterocycles. The molecule has 21 heavy (non-hydrogen) atoms. The molecule has 2 fully saturated rings. The molecule has 2 rings (SSSR count). The first-order valence-corrected chi connectivity index (χ1v) is 7.76. The van der Waals surface area contributed by atoms with Crippen LogP contribution in [-0.2, 0) is 9.59 Å². The second-order valence-corrected chi connectivity index (χ2v) is 6.34. The van der Waals surface area contributed by atoms with Crippen LogP contribution in [0, 0.1) is 5.92 Å². The second kappa shape index (κ2) is 6.71. The van der Waals surface area contributed by atoms with Gasteiger partial charge in [0.1, 0.15) is 0 Å². The summed E-state index contributed by atoms with van der Waals surface area (Å²) in [5.41, 5.74) is 0. The third kappa shape index (κ3) is 4.64. The van der Waals surface area contributed by atoms with Crippen molar-refractivity contribution in [3.05, 3.63) is 0 Å². The van der Waals surface area contributed by atoms with Crippen LogP contribution in [0.3, 0.4) is 0 Å². The van der Waals surface area contributed by atoms with Crippen molar-refractivity contribution in [2.24, 2.45) is 5.92 Å². The molecule has 1 saturated heterocycles. The van der Waals surface area contributed by atoms with E-state index in [4.69, 9.17) is 5.11 Å². The molecule has 0 spiro atoms. The highest BCUT2D eigenvalue weighted by Gasteiger charge is 2.37. The maximum absolute atomic E-state index is 13.1. The van der Waals surface area contributed by atoms with Gasteiger partial charge in [-0.2, -0.15) is 0 Å². The zero-order valence-corrected chi connectivity index (χ0v) is 12.2. The first-order chi connectivity index (χ1) is 9.87. The Morgan fingerprint density at radius 2 is 1.76 bits per heavy atom. The van der Waals surface area contributed by atoms with Gasteiger partial charge >= 0.3 is 5.97 Å². The van der Waals surface area contributed by atoms with Crippen LogP contribution in [0.25, 0.3) is 0 Å². The molecule has 0 aromatic rings. The zero-order chi connectivity index (χ0) is 15.5. The Morgan fingerprint density at radius 1 is 1.10 bits per heavy atom. The van der Waals surface area contributed by atoms with Crippen LogP contribution in [0.5, 0.6) is 0 Å². The number of hydrogen-bond acceptors (Lipinski definition) is 2. The number of alkyl halides is 2. The van der Waals surface area contributed by atoms with E-state index in [1.54, 1.807) is 4.90 Å². The number of carboxylic acid groups (broad SMARTS) is 1. The highest BCUT2D eigenvalue weighted by atomic mass is 19.3. The number of carboxylic acids is 1. The average Bonchev–Trinajstić information content (AvgIpc) is 2.41. The SMILES string of the molecule is O=C(O)CC1CCCCN1C(=O)CC1CCC(F)(F)CC1. The van der Waals surface area contributed by atoms with E-state index >= 15 is 0 Å². The third-order valence-corrected chi connectivity index (χ3v) is 4.66. The Hall–Kier alpha value is -1.20. The van der Waals surface area contributed by atoms with Gasteiger partial charge in [0.05, 0.1) is 6.42 Å². The predicted octanol–water partition coefficient (Wildman–Crippen LogP) is 3.06. The fraction of sp³-hybridized carbons (Fsp3) is 0.867. The number of rotatable bonds is 4. The number of carbonyl (C=O) groups excluding carboxylic acids is 1. The Morgan fingerprint density at radius 3 is 2.38 bits per heavy atom. The minimum Gasteiger partial charge on any atom is -0.481 e. The molecule has 6 heteroatoms. The molecule has 1 atom stereocenters. The lowest BCUT2D eigenvalue weighted by Gasteiger charge is -2.36. The fourth-order valence-electron chi connectivity index (χ4n) is 3.41. The number of amides is 1. The van der Waals surface area contributed by atoms with Gasteiger partial charge < -0.3 is 10.0 Å².